The van der Waals surface area contributed by atoms with Crippen LogP contribution < -0.4 is 0 Å². The van der Waals surface area contributed by atoms with Crippen LogP contribution >= 0.6 is 0 Å². The van der Waals surface area contributed by atoms with Gasteiger partial charge in [-0.25, -0.2) is 24.6 Å². The van der Waals surface area contributed by atoms with E-state index in [9.17, 15) is 0 Å². The third kappa shape index (κ3) is 5.48. The molecule has 0 aliphatic carbocycles. The molecule has 0 spiro atoms. The molecule has 0 atom stereocenters. The Morgan fingerprint density at radius 2 is 0.811 bits per heavy atom. The van der Waals surface area contributed by atoms with Gasteiger partial charge < -0.3 is 0 Å². The largest absolute Gasteiger partial charge is 0.247 e. The lowest BCUT2D eigenvalue weighted by molar-refractivity contribution is 0.316. The number of hydrogen-bond donors (Lipinski definition) is 0. The minimum atomic E-state index is 0.614. The van der Waals surface area contributed by atoms with E-state index in [0.717, 1.165) is 77.4 Å². The molecule has 0 fully saturated rings. The summed E-state index contributed by atoms with van der Waals surface area (Å²) in [7, 11) is 0. The Labute approximate surface area is 304 Å². The number of aromatic nitrogens is 6. The first-order valence-corrected chi connectivity index (χ1v) is 17.4. The summed E-state index contributed by atoms with van der Waals surface area (Å²) in [6, 6.07) is 57.4. The highest BCUT2D eigenvalue weighted by atomic mass is 16.6. The lowest BCUT2D eigenvalue weighted by Crippen LogP contribution is -2.00. The summed E-state index contributed by atoms with van der Waals surface area (Å²) in [4.78, 5) is 20.0. The Kier molecular flexibility index (Phi) is 7.32. The van der Waals surface area contributed by atoms with Crippen molar-refractivity contribution in [3.05, 3.63) is 170 Å². The summed E-state index contributed by atoms with van der Waals surface area (Å²) >= 11 is 0. The number of hydrogen-bond acceptors (Lipinski definition) is 7. The molecule has 53 heavy (non-hydrogen) atoms. The minimum Gasteiger partial charge on any atom is -0.247 e. The molecule has 0 N–H and O–H groups in total. The molecule has 7 heteroatoms. The Balaban J connectivity index is 1.10. The summed E-state index contributed by atoms with van der Waals surface area (Å²) in [5.41, 5.74) is 11.0. The second kappa shape index (κ2) is 12.7. The second-order valence-corrected chi connectivity index (χ2v) is 12.8. The highest BCUT2D eigenvalue weighted by Crippen LogP contribution is 2.41. The van der Waals surface area contributed by atoms with Gasteiger partial charge in [0.2, 0.25) is 0 Å². The van der Waals surface area contributed by atoms with Gasteiger partial charge in [0.15, 0.2) is 17.5 Å². The fourth-order valence-electron chi connectivity index (χ4n) is 7.00. The third-order valence-electron chi connectivity index (χ3n) is 9.60. The first-order chi connectivity index (χ1) is 26.3. The fraction of sp³-hybridized carbons (Fsp3) is 0. The molecule has 0 saturated heterocycles. The monoisotopic (exact) mass is 680 g/mol. The van der Waals surface area contributed by atoms with Crippen molar-refractivity contribution in [3.8, 4) is 67.7 Å². The van der Waals surface area contributed by atoms with Crippen LogP contribution in [0.5, 0.6) is 0 Å². The second-order valence-electron chi connectivity index (χ2n) is 12.8. The van der Waals surface area contributed by atoms with E-state index in [2.05, 4.69) is 83.1 Å². The van der Waals surface area contributed by atoms with E-state index in [-0.39, 0.29) is 0 Å². The molecule has 7 nitrogen and oxygen atoms in total. The van der Waals surface area contributed by atoms with Crippen LogP contribution in [0.2, 0.25) is 0 Å². The Morgan fingerprint density at radius 3 is 1.40 bits per heavy atom. The highest BCUT2D eigenvalue weighted by molar-refractivity contribution is 6.23. The third-order valence-corrected chi connectivity index (χ3v) is 9.60. The van der Waals surface area contributed by atoms with Gasteiger partial charge in [0.25, 0.3) is 0 Å². The van der Waals surface area contributed by atoms with Gasteiger partial charge in [0, 0.05) is 44.0 Å². The molecule has 0 bridgehead atoms. The van der Waals surface area contributed by atoms with E-state index in [4.69, 9.17) is 24.6 Å². The zero-order valence-corrected chi connectivity index (χ0v) is 28.3. The van der Waals surface area contributed by atoms with Crippen LogP contribution in [-0.4, -0.2) is 30.2 Å². The smallest absolute Gasteiger partial charge is 0.164 e. The summed E-state index contributed by atoms with van der Waals surface area (Å²) in [5, 5.41) is 11.8. The summed E-state index contributed by atoms with van der Waals surface area (Å²) in [6.07, 6.45) is 0. The van der Waals surface area contributed by atoms with Crippen molar-refractivity contribution in [2.24, 2.45) is 0 Å². The highest BCUT2D eigenvalue weighted by Gasteiger charge is 2.20. The van der Waals surface area contributed by atoms with Crippen LogP contribution in [0.3, 0.4) is 0 Å². The van der Waals surface area contributed by atoms with Crippen molar-refractivity contribution in [1.82, 2.24) is 30.2 Å². The van der Waals surface area contributed by atoms with Crippen LogP contribution in [-0.2, 0) is 0 Å². The van der Waals surface area contributed by atoms with Crippen molar-refractivity contribution in [1.29, 1.82) is 0 Å². The Bertz CT molecular complexity index is 2860. The average Bonchev–Trinajstić information content (AvgIpc) is 3.74. The maximum atomic E-state index is 5.40. The summed E-state index contributed by atoms with van der Waals surface area (Å²) in [6.45, 7) is 0. The van der Waals surface area contributed by atoms with Crippen molar-refractivity contribution in [2.45, 2.75) is 0 Å². The summed E-state index contributed by atoms with van der Waals surface area (Å²) in [5.74, 6) is 1.88. The first-order valence-electron chi connectivity index (χ1n) is 17.4. The van der Waals surface area contributed by atoms with Gasteiger partial charge in [-0.1, -0.05) is 158 Å². The van der Waals surface area contributed by atoms with Crippen LogP contribution in [0.4, 0.5) is 0 Å². The molecule has 3 aromatic heterocycles. The molecule has 10 aromatic rings. The van der Waals surface area contributed by atoms with E-state index in [1.165, 1.54) is 0 Å². The lowest BCUT2D eigenvalue weighted by atomic mass is 9.93. The molecule has 0 saturated carbocycles. The molecule has 248 valence electrons. The van der Waals surface area contributed by atoms with Crippen molar-refractivity contribution < 1.29 is 4.63 Å². The topological polar surface area (TPSA) is 90.5 Å². The summed E-state index contributed by atoms with van der Waals surface area (Å²) < 4.78 is 5.40. The van der Waals surface area contributed by atoms with Crippen LogP contribution in [0, 0.1) is 0 Å². The van der Waals surface area contributed by atoms with Gasteiger partial charge >= 0.3 is 0 Å². The van der Waals surface area contributed by atoms with E-state index < -0.39 is 0 Å². The molecule has 0 radical (unpaired) electrons. The first kappa shape index (κ1) is 30.4. The number of fused-ring (bicyclic) bond motifs is 5. The van der Waals surface area contributed by atoms with Crippen LogP contribution in [0.25, 0.3) is 100 Å². The predicted octanol–water partition coefficient (Wildman–Crippen LogP) is 11.1. The lowest BCUT2D eigenvalue weighted by Gasteiger charge is -2.14. The molecule has 0 unspecified atom stereocenters. The number of benzene rings is 7. The van der Waals surface area contributed by atoms with Gasteiger partial charge in [-0.05, 0) is 39.1 Å². The van der Waals surface area contributed by atoms with Gasteiger partial charge in [-0.3, -0.25) is 0 Å². The number of pyridine rings is 1. The molecule has 3 heterocycles. The standard InChI is InChI=1S/C46H28N6O/c1-5-13-30(14-6-1)37-28-38-40(43-42(37)51-53-52-43)36-26-25-35(27-39(36)47-41(38)31-15-7-2-8-16-31)29-21-23-34(24-22-29)46-49-44(32-17-9-3-10-18-32)48-45(50-46)33-19-11-4-12-20-33/h1-28H. The van der Waals surface area contributed by atoms with E-state index in [0.29, 0.717) is 23.0 Å². The Morgan fingerprint density at radius 1 is 0.340 bits per heavy atom. The van der Waals surface area contributed by atoms with Gasteiger partial charge in [0.05, 0.1) is 11.2 Å². The van der Waals surface area contributed by atoms with Crippen molar-refractivity contribution in [3.63, 3.8) is 0 Å². The van der Waals surface area contributed by atoms with Gasteiger partial charge in [-0.2, -0.15) is 0 Å². The van der Waals surface area contributed by atoms with E-state index >= 15 is 0 Å². The zero-order chi connectivity index (χ0) is 35.1. The fourth-order valence-corrected chi connectivity index (χ4v) is 7.00. The van der Waals surface area contributed by atoms with Crippen LogP contribution in [0.1, 0.15) is 0 Å². The minimum absolute atomic E-state index is 0.614. The normalized spacial score (nSPS) is 11.4. The molecular weight excluding hydrogens is 653 g/mol. The maximum Gasteiger partial charge on any atom is 0.164 e. The zero-order valence-electron chi connectivity index (χ0n) is 28.3. The average molecular weight is 681 g/mol. The number of rotatable bonds is 6. The predicted molar refractivity (Wildman–Crippen MR) is 211 cm³/mol. The van der Waals surface area contributed by atoms with Gasteiger partial charge in [0.1, 0.15) is 11.0 Å². The molecule has 0 amide bonds. The molecule has 7 aromatic carbocycles. The van der Waals surface area contributed by atoms with Crippen LogP contribution in [0.15, 0.2) is 174 Å². The maximum absolute atomic E-state index is 5.40. The van der Waals surface area contributed by atoms with E-state index in [1.807, 2.05) is 97.1 Å². The molecule has 10 rings (SSSR count). The van der Waals surface area contributed by atoms with Crippen molar-refractivity contribution >= 4 is 32.7 Å². The quantitative estimate of drug-likeness (QED) is 0.161. The van der Waals surface area contributed by atoms with E-state index in [1.54, 1.807) is 0 Å². The molecular formula is C46H28N6O. The molecule has 0 aliphatic rings. The molecule has 0 aliphatic heterocycles. The van der Waals surface area contributed by atoms with Gasteiger partial charge in [-0.15, -0.1) is 0 Å². The SMILES string of the molecule is c1ccc(-c2nc(-c3ccccc3)nc(-c3ccc(-c4ccc5c(c4)nc(-c4ccccc4)c4cc(-c6ccccc6)c6nonc6c45)cc3)n2)cc1. The Hall–Kier alpha value is -7.38. The van der Waals surface area contributed by atoms with Crippen molar-refractivity contribution in [2.75, 3.05) is 0 Å². The number of nitrogens with zero attached hydrogens (tertiary/aromatic N) is 6.